The smallest absolute Gasteiger partial charge is 0.344 e. The molecule has 4 rings (SSSR count). The first-order chi connectivity index (χ1) is 13.0. The average molecular weight is 362 g/mol. The van der Waals surface area contributed by atoms with E-state index >= 15 is 0 Å². The largest absolute Gasteiger partial charge is 0.426 e. The van der Waals surface area contributed by atoms with Gasteiger partial charge in [-0.05, 0) is 24.3 Å². The van der Waals surface area contributed by atoms with Gasteiger partial charge in [-0.25, -0.2) is 9.59 Å². The molecule has 0 bridgehead atoms. The Balaban J connectivity index is 1.94. The van der Waals surface area contributed by atoms with Crippen LogP contribution in [-0.2, 0) is 4.79 Å². The summed E-state index contributed by atoms with van der Waals surface area (Å²) >= 11 is 0. The van der Waals surface area contributed by atoms with Gasteiger partial charge in [-0.15, -0.1) is 0 Å². The molecular formula is C21H14O6. The van der Waals surface area contributed by atoms with Crippen LogP contribution in [0.2, 0.25) is 0 Å². The summed E-state index contributed by atoms with van der Waals surface area (Å²) < 4.78 is 15.8. The normalized spacial score (nSPS) is 11.0. The minimum absolute atomic E-state index is 0.214. The van der Waals surface area contributed by atoms with Gasteiger partial charge in [0.25, 0.3) is 0 Å². The second-order valence-corrected chi connectivity index (χ2v) is 5.95. The minimum Gasteiger partial charge on any atom is -0.426 e. The number of fused-ring (bicyclic) bond motifs is 2. The fourth-order valence-corrected chi connectivity index (χ4v) is 2.88. The van der Waals surface area contributed by atoms with E-state index in [-0.39, 0.29) is 23.3 Å². The summed E-state index contributed by atoms with van der Waals surface area (Å²) in [5.41, 5.74) is 0.156. The molecule has 0 N–H and O–H groups in total. The van der Waals surface area contributed by atoms with Crippen molar-refractivity contribution >= 4 is 27.9 Å². The van der Waals surface area contributed by atoms with E-state index in [1.165, 1.54) is 12.1 Å². The van der Waals surface area contributed by atoms with E-state index in [1.54, 1.807) is 37.3 Å². The maximum Gasteiger partial charge on any atom is 0.344 e. The van der Waals surface area contributed by atoms with E-state index in [0.717, 1.165) is 5.39 Å². The summed E-state index contributed by atoms with van der Waals surface area (Å²) in [6, 6.07) is 14.7. The third kappa shape index (κ3) is 3.13. The molecule has 0 radical (unpaired) electrons. The Morgan fingerprint density at radius 1 is 0.926 bits per heavy atom. The van der Waals surface area contributed by atoms with Crippen molar-refractivity contribution in [3.63, 3.8) is 0 Å². The topological polar surface area (TPSA) is 86.7 Å². The average Bonchev–Trinajstić information content (AvgIpc) is 2.66. The molecule has 4 aromatic rings. The number of benzene rings is 2. The predicted octanol–water partition coefficient (Wildman–Crippen LogP) is 3.88. The Morgan fingerprint density at radius 2 is 1.74 bits per heavy atom. The molecule has 2 aromatic heterocycles. The maximum absolute atomic E-state index is 12.5. The van der Waals surface area contributed by atoms with Crippen LogP contribution in [-0.4, -0.2) is 5.97 Å². The van der Waals surface area contributed by atoms with Gasteiger partial charge in [0.15, 0.2) is 0 Å². The zero-order valence-corrected chi connectivity index (χ0v) is 14.4. The Bertz CT molecular complexity index is 1300. The van der Waals surface area contributed by atoms with Gasteiger partial charge < -0.3 is 13.6 Å². The lowest BCUT2D eigenvalue weighted by Crippen LogP contribution is -2.07. The highest BCUT2D eigenvalue weighted by molar-refractivity contribution is 5.95. The molecule has 0 amide bonds. The molecule has 6 heteroatoms. The first-order valence-electron chi connectivity index (χ1n) is 8.37. The third-order valence-electron chi connectivity index (χ3n) is 4.17. The molecule has 0 atom stereocenters. The molecule has 0 aliphatic carbocycles. The van der Waals surface area contributed by atoms with Crippen molar-refractivity contribution in [3.05, 3.63) is 75.4 Å². The molecule has 2 aromatic carbocycles. The van der Waals surface area contributed by atoms with Gasteiger partial charge in [0, 0.05) is 34.9 Å². The van der Waals surface area contributed by atoms with Crippen molar-refractivity contribution < 1.29 is 18.4 Å². The lowest BCUT2D eigenvalue weighted by molar-refractivity contribution is -0.134. The van der Waals surface area contributed by atoms with Crippen LogP contribution < -0.4 is 16.0 Å². The van der Waals surface area contributed by atoms with Crippen molar-refractivity contribution in [3.8, 4) is 16.9 Å². The molecule has 0 fully saturated rings. The quantitative estimate of drug-likeness (QED) is 0.312. The fraction of sp³-hybridized carbons (Fsp3) is 0.0952. The van der Waals surface area contributed by atoms with Gasteiger partial charge in [0.05, 0.1) is 5.56 Å². The summed E-state index contributed by atoms with van der Waals surface area (Å²) in [5.74, 6) is -0.136. The highest BCUT2D eigenvalue weighted by Gasteiger charge is 2.14. The Labute approximate surface area is 152 Å². The first kappa shape index (κ1) is 16.8. The summed E-state index contributed by atoms with van der Waals surface area (Å²) in [5, 5.41) is 1.27. The number of para-hydroxylation sites is 1. The lowest BCUT2D eigenvalue weighted by Gasteiger charge is -2.08. The van der Waals surface area contributed by atoms with Crippen LogP contribution in [0.5, 0.6) is 5.75 Å². The van der Waals surface area contributed by atoms with E-state index in [2.05, 4.69) is 0 Å². The van der Waals surface area contributed by atoms with E-state index in [4.69, 9.17) is 13.6 Å². The van der Waals surface area contributed by atoms with Crippen molar-refractivity contribution in [2.24, 2.45) is 0 Å². The van der Waals surface area contributed by atoms with Crippen molar-refractivity contribution in [1.82, 2.24) is 0 Å². The molecule has 0 saturated carbocycles. The number of carbonyl (C=O) groups is 1. The van der Waals surface area contributed by atoms with Crippen LogP contribution >= 0.6 is 0 Å². The van der Waals surface area contributed by atoms with Crippen molar-refractivity contribution in [2.45, 2.75) is 13.3 Å². The molecule has 0 saturated heterocycles. The van der Waals surface area contributed by atoms with Crippen LogP contribution in [0.1, 0.15) is 13.3 Å². The summed E-state index contributed by atoms with van der Waals surface area (Å²) in [7, 11) is 0. The van der Waals surface area contributed by atoms with Gasteiger partial charge >= 0.3 is 17.2 Å². The van der Waals surface area contributed by atoms with E-state index in [1.807, 2.05) is 12.1 Å². The zero-order chi connectivity index (χ0) is 19.0. The monoisotopic (exact) mass is 362 g/mol. The third-order valence-corrected chi connectivity index (χ3v) is 4.17. The molecule has 2 heterocycles. The van der Waals surface area contributed by atoms with E-state index < -0.39 is 17.2 Å². The molecular weight excluding hydrogens is 348 g/mol. The number of esters is 1. The Kier molecular flexibility index (Phi) is 4.08. The van der Waals surface area contributed by atoms with Gasteiger partial charge in [-0.3, -0.25) is 4.79 Å². The van der Waals surface area contributed by atoms with Crippen LogP contribution in [0, 0.1) is 0 Å². The Morgan fingerprint density at radius 3 is 2.56 bits per heavy atom. The minimum atomic E-state index is -0.621. The number of carbonyl (C=O) groups excluding carboxylic acids is 1. The van der Waals surface area contributed by atoms with Gasteiger partial charge in [0.2, 0.25) is 0 Å². The number of hydrogen-bond acceptors (Lipinski definition) is 6. The second kappa shape index (κ2) is 6.57. The van der Waals surface area contributed by atoms with Crippen molar-refractivity contribution in [2.75, 3.05) is 0 Å². The van der Waals surface area contributed by atoms with Crippen LogP contribution in [0.25, 0.3) is 33.1 Å². The lowest BCUT2D eigenvalue weighted by atomic mass is 10.0. The molecule has 134 valence electrons. The van der Waals surface area contributed by atoms with Crippen LogP contribution in [0.3, 0.4) is 0 Å². The standard InChI is InChI=1S/C21H14O6/c1-2-19(22)25-13-7-8-14-15(11-20(23)26-18(14)10-13)16-9-12-5-3-4-6-17(12)27-21(16)24/h3-11H,2H2,1H3. The second-order valence-electron chi connectivity index (χ2n) is 5.95. The van der Waals surface area contributed by atoms with E-state index in [0.29, 0.717) is 16.5 Å². The fourth-order valence-electron chi connectivity index (χ4n) is 2.88. The van der Waals surface area contributed by atoms with Crippen LogP contribution in [0.4, 0.5) is 0 Å². The molecule has 6 nitrogen and oxygen atoms in total. The first-order valence-corrected chi connectivity index (χ1v) is 8.37. The highest BCUT2D eigenvalue weighted by Crippen LogP contribution is 2.29. The molecule has 0 spiro atoms. The van der Waals surface area contributed by atoms with Crippen molar-refractivity contribution in [1.29, 1.82) is 0 Å². The number of ether oxygens (including phenoxy) is 1. The number of rotatable bonds is 3. The molecule has 0 aliphatic heterocycles. The molecule has 27 heavy (non-hydrogen) atoms. The zero-order valence-electron chi connectivity index (χ0n) is 14.4. The SMILES string of the molecule is CCC(=O)Oc1ccc2c(-c3cc4ccccc4oc3=O)cc(=O)oc2c1. The molecule has 0 unspecified atom stereocenters. The van der Waals surface area contributed by atoms with Gasteiger partial charge in [0.1, 0.15) is 16.9 Å². The maximum atomic E-state index is 12.5. The van der Waals surface area contributed by atoms with E-state index in [9.17, 15) is 14.4 Å². The summed E-state index contributed by atoms with van der Waals surface area (Å²) in [6.07, 6.45) is 0.222. The summed E-state index contributed by atoms with van der Waals surface area (Å²) in [6.45, 7) is 1.68. The summed E-state index contributed by atoms with van der Waals surface area (Å²) in [4.78, 5) is 36.0. The van der Waals surface area contributed by atoms with Crippen LogP contribution in [0.15, 0.2) is 73.0 Å². The predicted molar refractivity (Wildman–Crippen MR) is 99.9 cm³/mol. The highest BCUT2D eigenvalue weighted by atomic mass is 16.5. The van der Waals surface area contributed by atoms with Gasteiger partial charge in [-0.2, -0.15) is 0 Å². The Hall–Kier alpha value is -3.67. The number of hydrogen-bond donors (Lipinski definition) is 0. The van der Waals surface area contributed by atoms with Gasteiger partial charge in [-0.1, -0.05) is 25.1 Å². The molecule has 0 aliphatic rings.